The second-order valence-electron chi connectivity index (χ2n) is 4.47. The summed E-state index contributed by atoms with van der Waals surface area (Å²) in [5, 5.41) is 9.98. The summed E-state index contributed by atoms with van der Waals surface area (Å²) in [7, 11) is 0. The summed E-state index contributed by atoms with van der Waals surface area (Å²) in [6.45, 7) is 6.07. The van der Waals surface area contributed by atoms with Crippen molar-refractivity contribution in [3.8, 4) is 5.75 Å². The largest absolute Gasteiger partial charge is 0.507 e. The normalized spacial score (nSPS) is 11.1. The fourth-order valence-corrected chi connectivity index (χ4v) is 1.90. The van der Waals surface area contributed by atoms with Crippen LogP contribution in [-0.4, -0.2) is 11.3 Å². The van der Waals surface area contributed by atoms with E-state index in [1.807, 2.05) is 44.2 Å². The molecule has 0 amide bonds. The van der Waals surface area contributed by atoms with Crippen LogP contribution in [0.3, 0.4) is 0 Å². The van der Waals surface area contributed by atoms with Crippen molar-refractivity contribution in [2.24, 2.45) is 4.99 Å². The number of aryl methyl sites for hydroxylation is 1. The van der Waals surface area contributed by atoms with Gasteiger partial charge in [0, 0.05) is 11.8 Å². The maximum Gasteiger partial charge on any atom is 0.124 e. The molecule has 2 aromatic carbocycles. The minimum Gasteiger partial charge on any atom is -0.507 e. The zero-order valence-corrected chi connectivity index (χ0v) is 10.9. The zero-order valence-electron chi connectivity index (χ0n) is 10.9. The molecule has 0 atom stereocenters. The van der Waals surface area contributed by atoms with Gasteiger partial charge in [-0.1, -0.05) is 18.2 Å². The lowest BCUT2D eigenvalue weighted by atomic mass is 9.98. The number of nitrogens with zero attached hydrogens (tertiary/aromatic N) is 1. The Morgan fingerprint density at radius 2 is 1.67 bits per heavy atom. The lowest BCUT2D eigenvalue weighted by molar-refractivity contribution is 0.473. The number of phenolic OH excluding ortho intramolecular Hbond substituents is 1. The highest BCUT2D eigenvalue weighted by atomic mass is 16.3. The Hall–Kier alpha value is -2.09. The van der Waals surface area contributed by atoms with E-state index in [9.17, 15) is 5.11 Å². The van der Waals surface area contributed by atoms with Gasteiger partial charge in [0.25, 0.3) is 0 Å². The van der Waals surface area contributed by atoms with E-state index >= 15 is 0 Å². The third-order valence-electron chi connectivity index (χ3n) is 3.29. The molecule has 0 unspecified atom stereocenters. The van der Waals surface area contributed by atoms with E-state index in [1.165, 1.54) is 5.56 Å². The molecule has 0 aliphatic carbocycles. The molecule has 2 heteroatoms. The lowest BCUT2D eigenvalue weighted by Crippen LogP contribution is -1.94. The molecule has 0 saturated carbocycles. The first kappa shape index (κ1) is 12.4. The lowest BCUT2D eigenvalue weighted by Gasteiger charge is -2.10. The first-order valence-corrected chi connectivity index (χ1v) is 5.98. The van der Waals surface area contributed by atoms with E-state index in [0.717, 1.165) is 22.4 Å². The van der Waals surface area contributed by atoms with E-state index in [2.05, 4.69) is 11.9 Å². The Bertz CT molecular complexity index is 586. The van der Waals surface area contributed by atoms with Crippen molar-refractivity contribution in [1.82, 2.24) is 0 Å². The van der Waals surface area contributed by atoms with Gasteiger partial charge in [-0.25, -0.2) is 0 Å². The maximum atomic E-state index is 9.98. The van der Waals surface area contributed by atoms with Crippen LogP contribution in [0.2, 0.25) is 0 Å². The maximum absolute atomic E-state index is 9.98. The topological polar surface area (TPSA) is 32.6 Å². The predicted molar refractivity (Wildman–Crippen MR) is 76.0 cm³/mol. The van der Waals surface area contributed by atoms with Crippen molar-refractivity contribution < 1.29 is 5.11 Å². The Morgan fingerprint density at radius 1 is 1.00 bits per heavy atom. The van der Waals surface area contributed by atoms with Gasteiger partial charge in [-0.15, -0.1) is 0 Å². The van der Waals surface area contributed by atoms with Gasteiger partial charge in [-0.05, 0) is 55.7 Å². The van der Waals surface area contributed by atoms with Gasteiger partial charge in [0.2, 0.25) is 0 Å². The van der Waals surface area contributed by atoms with Crippen molar-refractivity contribution in [2.75, 3.05) is 0 Å². The van der Waals surface area contributed by atoms with Crippen LogP contribution in [0.25, 0.3) is 0 Å². The van der Waals surface area contributed by atoms with Crippen LogP contribution in [0.4, 0.5) is 5.69 Å². The van der Waals surface area contributed by atoms with Gasteiger partial charge >= 0.3 is 0 Å². The van der Waals surface area contributed by atoms with E-state index in [-0.39, 0.29) is 5.75 Å². The molecule has 0 spiro atoms. The van der Waals surface area contributed by atoms with E-state index in [0.29, 0.717) is 0 Å². The Labute approximate surface area is 108 Å². The predicted octanol–water partition coefficient (Wildman–Crippen LogP) is 4.07. The Balaban J connectivity index is 2.41. The number of aromatic hydroxyl groups is 1. The van der Waals surface area contributed by atoms with Crippen molar-refractivity contribution >= 4 is 11.9 Å². The minimum atomic E-state index is 0.287. The summed E-state index contributed by atoms with van der Waals surface area (Å²) in [4.78, 5) is 4.38. The SMILES string of the molecule is Cc1cc(O)c(C=Nc2ccccc2)c(C)c1C. The fourth-order valence-electron chi connectivity index (χ4n) is 1.90. The summed E-state index contributed by atoms with van der Waals surface area (Å²) in [6.07, 6.45) is 1.73. The highest BCUT2D eigenvalue weighted by Crippen LogP contribution is 2.26. The van der Waals surface area contributed by atoms with E-state index in [4.69, 9.17) is 0 Å². The number of hydrogen-bond donors (Lipinski definition) is 1. The standard InChI is InChI=1S/C16H17NO/c1-11-9-16(18)15(13(3)12(11)2)10-17-14-7-5-4-6-8-14/h4-10,18H,1-3H3. The molecule has 0 aliphatic heterocycles. The molecule has 2 aromatic rings. The highest BCUT2D eigenvalue weighted by Gasteiger charge is 2.07. The molecule has 0 aromatic heterocycles. The first-order chi connectivity index (χ1) is 8.59. The smallest absolute Gasteiger partial charge is 0.124 e. The van der Waals surface area contributed by atoms with Crippen molar-refractivity contribution in [3.05, 3.63) is 58.7 Å². The molecule has 0 radical (unpaired) electrons. The molecule has 0 aliphatic rings. The number of benzene rings is 2. The molecule has 0 bridgehead atoms. The van der Waals surface area contributed by atoms with Crippen LogP contribution in [0.1, 0.15) is 22.3 Å². The second kappa shape index (κ2) is 5.05. The van der Waals surface area contributed by atoms with E-state index < -0.39 is 0 Å². The molecular weight excluding hydrogens is 222 g/mol. The van der Waals surface area contributed by atoms with Gasteiger partial charge in [0.05, 0.1) is 5.69 Å². The molecule has 2 rings (SSSR count). The summed E-state index contributed by atoms with van der Waals surface area (Å²) in [5.41, 5.74) is 5.05. The van der Waals surface area contributed by atoms with Crippen LogP contribution in [0.15, 0.2) is 41.4 Å². The van der Waals surface area contributed by atoms with Crippen LogP contribution in [-0.2, 0) is 0 Å². The first-order valence-electron chi connectivity index (χ1n) is 5.98. The third-order valence-corrected chi connectivity index (χ3v) is 3.29. The quantitative estimate of drug-likeness (QED) is 0.787. The number of para-hydroxylation sites is 1. The van der Waals surface area contributed by atoms with Gasteiger partial charge in [-0.2, -0.15) is 0 Å². The van der Waals surface area contributed by atoms with Crippen LogP contribution in [0, 0.1) is 20.8 Å². The summed E-state index contributed by atoms with van der Waals surface area (Å²) >= 11 is 0. The Morgan fingerprint density at radius 3 is 2.33 bits per heavy atom. The summed E-state index contributed by atoms with van der Waals surface area (Å²) in [5.74, 6) is 0.287. The zero-order chi connectivity index (χ0) is 13.1. The molecule has 2 nitrogen and oxygen atoms in total. The molecule has 1 N–H and O–H groups in total. The van der Waals surface area contributed by atoms with Gasteiger partial charge in [-0.3, -0.25) is 4.99 Å². The van der Waals surface area contributed by atoms with Crippen LogP contribution in [0.5, 0.6) is 5.75 Å². The van der Waals surface area contributed by atoms with Crippen LogP contribution < -0.4 is 0 Å². The monoisotopic (exact) mass is 239 g/mol. The van der Waals surface area contributed by atoms with Gasteiger partial charge in [0.15, 0.2) is 0 Å². The van der Waals surface area contributed by atoms with Gasteiger partial charge < -0.3 is 5.11 Å². The Kier molecular flexibility index (Phi) is 3.47. The fraction of sp³-hybridized carbons (Fsp3) is 0.188. The van der Waals surface area contributed by atoms with Crippen molar-refractivity contribution in [2.45, 2.75) is 20.8 Å². The summed E-state index contributed by atoms with van der Waals surface area (Å²) in [6, 6.07) is 11.5. The number of hydrogen-bond acceptors (Lipinski definition) is 2. The average Bonchev–Trinajstić information content (AvgIpc) is 2.37. The van der Waals surface area contributed by atoms with Gasteiger partial charge in [0.1, 0.15) is 5.75 Å². The minimum absolute atomic E-state index is 0.287. The number of phenols is 1. The molecule has 0 heterocycles. The second-order valence-corrected chi connectivity index (χ2v) is 4.47. The number of aliphatic imine (C=N–C) groups is 1. The third kappa shape index (κ3) is 2.43. The number of rotatable bonds is 2. The highest BCUT2D eigenvalue weighted by molar-refractivity contribution is 5.88. The molecule has 92 valence electrons. The molecule has 0 saturated heterocycles. The van der Waals surface area contributed by atoms with Crippen molar-refractivity contribution in [3.63, 3.8) is 0 Å². The molecule has 0 fully saturated rings. The molecular formula is C16H17NO. The van der Waals surface area contributed by atoms with E-state index in [1.54, 1.807) is 12.3 Å². The molecule has 18 heavy (non-hydrogen) atoms. The van der Waals surface area contributed by atoms with Crippen LogP contribution >= 0.6 is 0 Å². The average molecular weight is 239 g/mol. The van der Waals surface area contributed by atoms with Crippen molar-refractivity contribution in [1.29, 1.82) is 0 Å². The summed E-state index contributed by atoms with van der Waals surface area (Å²) < 4.78 is 0.